The van der Waals surface area contributed by atoms with Crippen LogP contribution in [0.4, 0.5) is 23.8 Å². The van der Waals surface area contributed by atoms with E-state index in [2.05, 4.69) is 20.9 Å². The molecule has 1 amide bonds. The van der Waals surface area contributed by atoms with Crippen LogP contribution in [0.25, 0.3) is 5.69 Å². The Labute approximate surface area is 209 Å². The van der Waals surface area contributed by atoms with Gasteiger partial charge < -0.3 is 4.74 Å². The molecule has 0 bridgehead atoms. The van der Waals surface area contributed by atoms with Gasteiger partial charge in [-0.25, -0.2) is 9.78 Å². The summed E-state index contributed by atoms with van der Waals surface area (Å²) >= 11 is 9.26. The molecule has 1 fully saturated rings. The van der Waals surface area contributed by atoms with Crippen LogP contribution >= 0.6 is 27.5 Å². The van der Waals surface area contributed by atoms with Crippen LogP contribution in [0.5, 0.6) is 0 Å². The minimum Gasteiger partial charge on any atom is -0.443 e. The standard InChI is InChI=1S/C23H26BrClF3N3O3/c1-22(2,3)34-21(33)30(4)19-17(24)20(32)31(16-11-9-15(25)10-12-16)18(29-19)13-5-7-14(8-6-13)23(26,27)28/h9-14H,5-8H2,1-4H3/t13-,14+. The van der Waals surface area contributed by atoms with Crippen LogP contribution < -0.4 is 10.5 Å². The van der Waals surface area contributed by atoms with Crippen LogP contribution in [0, 0.1) is 5.92 Å². The summed E-state index contributed by atoms with van der Waals surface area (Å²) in [4.78, 5) is 31.8. The summed E-state index contributed by atoms with van der Waals surface area (Å²) in [6.45, 7) is 5.14. The Morgan fingerprint density at radius 2 is 1.71 bits per heavy atom. The van der Waals surface area contributed by atoms with E-state index < -0.39 is 35.3 Å². The highest BCUT2D eigenvalue weighted by Gasteiger charge is 2.42. The zero-order chi connectivity index (χ0) is 25.4. The minimum atomic E-state index is -4.25. The Morgan fingerprint density at radius 3 is 2.21 bits per heavy atom. The molecule has 2 aromatic rings. The second kappa shape index (κ2) is 9.89. The second-order valence-electron chi connectivity index (χ2n) is 9.35. The Kier molecular flexibility index (Phi) is 7.72. The minimum absolute atomic E-state index is 0.0311. The van der Waals surface area contributed by atoms with Crippen LogP contribution in [0.2, 0.25) is 5.02 Å². The summed E-state index contributed by atoms with van der Waals surface area (Å²) in [6.07, 6.45) is -4.66. The summed E-state index contributed by atoms with van der Waals surface area (Å²) in [5.41, 5.74) is -0.785. The lowest BCUT2D eigenvalue weighted by atomic mass is 9.81. The summed E-state index contributed by atoms with van der Waals surface area (Å²) in [7, 11) is 1.43. The molecule has 1 aliphatic carbocycles. The van der Waals surface area contributed by atoms with Gasteiger partial charge in [-0.1, -0.05) is 11.6 Å². The number of hydrogen-bond donors (Lipinski definition) is 0. The lowest BCUT2D eigenvalue weighted by Crippen LogP contribution is -2.37. The number of alkyl halides is 3. The Morgan fingerprint density at radius 1 is 1.15 bits per heavy atom. The molecule has 1 aromatic heterocycles. The molecule has 0 N–H and O–H groups in total. The molecule has 186 valence electrons. The van der Waals surface area contributed by atoms with E-state index >= 15 is 0 Å². The number of halogens is 5. The van der Waals surface area contributed by atoms with E-state index in [1.165, 1.54) is 11.6 Å². The topological polar surface area (TPSA) is 64.4 Å². The van der Waals surface area contributed by atoms with Gasteiger partial charge in [-0.05, 0) is 86.6 Å². The maximum Gasteiger partial charge on any atom is 0.415 e. The van der Waals surface area contributed by atoms with Crippen LogP contribution in [0.1, 0.15) is 58.2 Å². The number of anilines is 1. The molecule has 1 aromatic carbocycles. The number of rotatable bonds is 3. The van der Waals surface area contributed by atoms with Crippen LogP contribution in [-0.4, -0.2) is 34.5 Å². The number of amides is 1. The molecule has 1 heterocycles. The highest BCUT2D eigenvalue weighted by Crippen LogP contribution is 2.43. The van der Waals surface area contributed by atoms with Crippen molar-refractivity contribution in [3.05, 3.63) is 49.9 Å². The van der Waals surface area contributed by atoms with Crippen molar-refractivity contribution in [2.24, 2.45) is 5.92 Å². The van der Waals surface area contributed by atoms with Gasteiger partial charge in [-0.2, -0.15) is 13.2 Å². The highest BCUT2D eigenvalue weighted by molar-refractivity contribution is 9.10. The average Bonchev–Trinajstić information content (AvgIpc) is 2.74. The Bertz CT molecular complexity index is 1110. The fourth-order valence-electron chi connectivity index (χ4n) is 3.94. The number of aromatic nitrogens is 2. The van der Waals surface area contributed by atoms with Crippen LogP contribution in [-0.2, 0) is 4.74 Å². The van der Waals surface area contributed by atoms with E-state index in [0.717, 1.165) is 4.90 Å². The van der Waals surface area contributed by atoms with Crippen molar-refractivity contribution in [3.8, 4) is 5.69 Å². The molecule has 0 spiro atoms. The lowest BCUT2D eigenvalue weighted by Gasteiger charge is -2.31. The molecule has 0 atom stereocenters. The summed E-state index contributed by atoms with van der Waals surface area (Å²) in [6, 6.07) is 6.50. The predicted molar refractivity (Wildman–Crippen MR) is 128 cm³/mol. The number of hydrogen-bond acceptors (Lipinski definition) is 4. The molecule has 6 nitrogen and oxygen atoms in total. The molecule has 3 rings (SSSR count). The Hall–Kier alpha value is -2.07. The molecule has 0 radical (unpaired) electrons. The van der Waals surface area contributed by atoms with Crippen molar-refractivity contribution < 1.29 is 22.7 Å². The van der Waals surface area contributed by atoms with Crippen LogP contribution in [0.15, 0.2) is 33.5 Å². The van der Waals surface area contributed by atoms with Gasteiger partial charge in [0.2, 0.25) is 0 Å². The van der Waals surface area contributed by atoms with E-state index in [-0.39, 0.29) is 36.0 Å². The zero-order valence-electron chi connectivity index (χ0n) is 19.2. The maximum atomic E-state index is 13.5. The van der Waals surface area contributed by atoms with Crippen molar-refractivity contribution in [1.82, 2.24) is 9.55 Å². The summed E-state index contributed by atoms with van der Waals surface area (Å²) in [5.74, 6) is -1.45. The van der Waals surface area contributed by atoms with Crippen molar-refractivity contribution in [2.45, 2.75) is 64.1 Å². The molecular weight excluding hydrogens is 539 g/mol. The molecule has 1 saturated carbocycles. The summed E-state index contributed by atoms with van der Waals surface area (Å²) < 4.78 is 46.4. The molecule has 0 aliphatic heterocycles. The quantitative estimate of drug-likeness (QED) is 0.409. The number of benzene rings is 1. The number of ether oxygens (including phenoxy) is 1. The molecule has 1 aliphatic rings. The first kappa shape index (κ1) is 26.5. The van der Waals surface area contributed by atoms with Gasteiger partial charge in [-0.3, -0.25) is 14.3 Å². The zero-order valence-corrected chi connectivity index (χ0v) is 21.6. The number of carbonyl (C=O) groups excluding carboxylic acids is 1. The predicted octanol–water partition coefficient (Wildman–Crippen LogP) is 6.86. The van der Waals surface area contributed by atoms with Crippen molar-refractivity contribution in [3.63, 3.8) is 0 Å². The molecule has 0 unspecified atom stereocenters. The third-order valence-corrected chi connectivity index (χ3v) is 6.61. The normalized spacial score (nSPS) is 19.1. The number of carbonyl (C=O) groups is 1. The van der Waals surface area contributed by atoms with E-state index in [0.29, 0.717) is 16.5 Å². The monoisotopic (exact) mass is 563 g/mol. The molecule has 11 heteroatoms. The van der Waals surface area contributed by atoms with Gasteiger partial charge in [0.1, 0.15) is 15.9 Å². The van der Waals surface area contributed by atoms with E-state index in [9.17, 15) is 22.8 Å². The highest BCUT2D eigenvalue weighted by atomic mass is 79.9. The first-order valence-corrected chi connectivity index (χ1v) is 12.0. The van der Waals surface area contributed by atoms with Gasteiger partial charge in [0.05, 0.1) is 11.6 Å². The third-order valence-electron chi connectivity index (χ3n) is 5.66. The van der Waals surface area contributed by atoms with E-state index in [1.54, 1.807) is 45.0 Å². The van der Waals surface area contributed by atoms with Crippen molar-refractivity contribution in [1.29, 1.82) is 0 Å². The first-order valence-electron chi connectivity index (χ1n) is 10.8. The number of nitrogens with zero attached hydrogens (tertiary/aromatic N) is 3. The maximum absolute atomic E-state index is 13.5. The molecular formula is C23H26BrClF3N3O3. The van der Waals surface area contributed by atoms with Crippen molar-refractivity contribution in [2.75, 3.05) is 11.9 Å². The third kappa shape index (κ3) is 5.94. The SMILES string of the molecule is CN(C(=O)OC(C)(C)C)c1nc([C@H]2CC[C@@H](C(F)(F)F)CC2)n(-c2ccc(Cl)cc2)c(=O)c1Br. The fraction of sp³-hybridized carbons (Fsp3) is 0.522. The molecule has 34 heavy (non-hydrogen) atoms. The smallest absolute Gasteiger partial charge is 0.415 e. The molecule has 0 saturated heterocycles. The second-order valence-corrected chi connectivity index (χ2v) is 10.6. The van der Waals surface area contributed by atoms with Crippen LogP contribution in [0.3, 0.4) is 0 Å². The Balaban J connectivity index is 2.10. The first-order chi connectivity index (χ1) is 15.7. The van der Waals surface area contributed by atoms with E-state index in [4.69, 9.17) is 16.3 Å². The average molecular weight is 565 g/mol. The van der Waals surface area contributed by atoms with E-state index in [1.807, 2.05) is 0 Å². The summed E-state index contributed by atoms with van der Waals surface area (Å²) in [5, 5.41) is 0.470. The van der Waals surface area contributed by atoms with Crippen molar-refractivity contribution >= 4 is 39.4 Å². The van der Waals surface area contributed by atoms with Gasteiger partial charge >= 0.3 is 12.3 Å². The largest absolute Gasteiger partial charge is 0.443 e. The lowest BCUT2D eigenvalue weighted by molar-refractivity contribution is -0.182. The van der Waals surface area contributed by atoms with Gasteiger partial charge in [-0.15, -0.1) is 0 Å². The van der Waals surface area contributed by atoms with Gasteiger partial charge in [0.15, 0.2) is 5.82 Å². The fourth-order valence-corrected chi connectivity index (χ4v) is 4.59. The van der Waals surface area contributed by atoms with Gasteiger partial charge in [0, 0.05) is 18.0 Å². The van der Waals surface area contributed by atoms with Gasteiger partial charge in [0.25, 0.3) is 5.56 Å².